The molecule has 0 bridgehead atoms. The van der Waals surface area contributed by atoms with Crippen molar-refractivity contribution in [3.8, 4) is 0 Å². The maximum absolute atomic E-state index is 13.9. The summed E-state index contributed by atoms with van der Waals surface area (Å²) in [6.07, 6.45) is 1.72. The van der Waals surface area contributed by atoms with Gasteiger partial charge in [-0.15, -0.1) is 0 Å². The molecule has 0 radical (unpaired) electrons. The summed E-state index contributed by atoms with van der Waals surface area (Å²) < 4.78 is 53.8. The average molecular weight is 592 g/mol. The molecule has 0 saturated heterocycles. The van der Waals surface area contributed by atoms with Gasteiger partial charge in [0.2, 0.25) is 21.8 Å². The highest BCUT2D eigenvalue weighted by molar-refractivity contribution is 7.92. The number of benzene rings is 3. The van der Waals surface area contributed by atoms with Crippen molar-refractivity contribution in [2.24, 2.45) is 0 Å². The number of carbonyl (C=O) groups excluding carboxylic acids is 2. The molecular weight excluding hydrogens is 560 g/mol. The summed E-state index contributed by atoms with van der Waals surface area (Å²) in [7, 11) is -4.03. The van der Waals surface area contributed by atoms with Gasteiger partial charge in [0.05, 0.1) is 17.0 Å². The minimum absolute atomic E-state index is 0.00681. The molecule has 214 valence electrons. The Morgan fingerprint density at radius 1 is 0.975 bits per heavy atom. The number of carbonyl (C=O) groups is 2. The second-order valence-electron chi connectivity index (χ2n) is 9.54. The predicted molar refractivity (Wildman–Crippen MR) is 152 cm³/mol. The van der Waals surface area contributed by atoms with E-state index in [9.17, 15) is 26.8 Å². The molecule has 0 aliphatic heterocycles. The second-order valence-corrected chi connectivity index (χ2v) is 11.9. The minimum atomic E-state index is -4.03. The molecule has 7 nitrogen and oxygen atoms in total. The van der Waals surface area contributed by atoms with Crippen LogP contribution in [0.4, 0.5) is 14.5 Å². The molecule has 1 N–H and O–H groups in total. The number of hydrogen-bond acceptors (Lipinski definition) is 4. The summed E-state index contributed by atoms with van der Waals surface area (Å²) >= 11 is 5.90. The van der Waals surface area contributed by atoms with E-state index in [1.807, 2.05) is 44.2 Å². The first-order valence-electron chi connectivity index (χ1n) is 12.7. The van der Waals surface area contributed by atoms with E-state index in [1.54, 1.807) is 0 Å². The van der Waals surface area contributed by atoms with Crippen molar-refractivity contribution in [2.75, 3.05) is 17.1 Å². The Hall–Kier alpha value is -3.50. The van der Waals surface area contributed by atoms with E-state index < -0.39 is 46.1 Å². The van der Waals surface area contributed by atoms with Crippen LogP contribution in [-0.2, 0) is 32.6 Å². The zero-order valence-electron chi connectivity index (χ0n) is 22.5. The number of sulfonamides is 1. The number of anilines is 1. The van der Waals surface area contributed by atoms with Crippen LogP contribution < -0.4 is 9.62 Å². The Labute approximate surface area is 238 Å². The average Bonchev–Trinajstić information content (AvgIpc) is 2.91. The molecule has 40 heavy (non-hydrogen) atoms. The van der Waals surface area contributed by atoms with Gasteiger partial charge in [-0.2, -0.15) is 0 Å². The third-order valence-corrected chi connectivity index (χ3v) is 7.84. The van der Waals surface area contributed by atoms with Crippen LogP contribution in [0.2, 0.25) is 5.02 Å². The monoisotopic (exact) mass is 591 g/mol. The molecule has 0 aromatic heterocycles. The van der Waals surface area contributed by atoms with Crippen molar-refractivity contribution in [2.45, 2.75) is 45.3 Å². The molecule has 0 saturated carbocycles. The molecule has 0 unspecified atom stereocenters. The highest BCUT2D eigenvalue weighted by Gasteiger charge is 2.33. The van der Waals surface area contributed by atoms with Crippen LogP contribution in [0.3, 0.4) is 0 Å². The molecule has 3 aromatic carbocycles. The molecule has 0 aliphatic rings. The van der Waals surface area contributed by atoms with Crippen LogP contribution >= 0.6 is 11.6 Å². The zero-order valence-corrected chi connectivity index (χ0v) is 24.1. The molecular formula is C29H32ClF2N3O4S. The van der Waals surface area contributed by atoms with Gasteiger partial charge in [0.1, 0.15) is 24.2 Å². The van der Waals surface area contributed by atoms with Gasteiger partial charge in [-0.1, -0.05) is 61.0 Å². The summed E-state index contributed by atoms with van der Waals surface area (Å²) in [5.74, 6) is -2.30. The standard InChI is InChI=1S/C29H32ClF2N3O4S/c1-4-20(2)33-29(37)27(16-21-8-6-5-7-9-21)34(18-22-10-12-23(31)13-11-22)28(36)19-35(40(3,38)39)24-14-15-26(32)25(30)17-24/h5-15,17,20,27H,4,16,18-19H2,1-3H3,(H,33,37)/t20-,27-/m1/s1. The summed E-state index contributed by atoms with van der Waals surface area (Å²) in [5, 5.41) is 2.62. The van der Waals surface area contributed by atoms with Crippen LogP contribution in [0.5, 0.6) is 0 Å². The predicted octanol–water partition coefficient (Wildman–Crippen LogP) is 4.94. The lowest BCUT2D eigenvalue weighted by Crippen LogP contribution is -2.54. The first-order chi connectivity index (χ1) is 18.9. The topological polar surface area (TPSA) is 86.8 Å². The largest absolute Gasteiger partial charge is 0.352 e. The number of nitrogens with one attached hydrogen (secondary N) is 1. The third-order valence-electron chi connectivity index (χ3n) is 6.41. The molecule has 0 heterocycles. The molecule has 2 amide bonds. The third kappa shape index (κ3) is 8.50. The molecule has 3 rings (SSSR count). The lowest BCUT2D eigenvalue weighted by Gasteiger charge is -2.34. The van der Waals surface area contributed by atoms with E-state index >= 15 is 0 Å². The van der Waals surface area contributed by atoms with E-state index in [2.05, 4.69) is 5.32 Å². The molecule has 3 aromatic rings. The maximum Gasteiger partial charge on any atom is 0.244 e. The number of halogens is 3. The molecule has 2 atom stereocenters. The van der Waals surface area contributed by atoms with Crippen molar-refractivity contribution in [1.82, 2.24) is 10.2 Å². The van der Waals surface area contributed by atoms with Crippen molar-refractivity contribution >= 4 is 39.1 Å². The first-order valence-corrected chi connectivity index (χ1v) is 14.9. The Kier molecular flexibility index (Phi) is 10.6. The van der Waals surface area contributed by atoms with Crippen molar-refractivity contribution in [3.05, 3.63) is 101 Å². The van der Waals surface area contributed by atoms with Gasteiger partial charge in [0, 0.05) is 19.0 Å². The summed E-state index contributed by atoms with van der Waals surface area (Å²) in [6.45, 7) is 2.99. The van der Waals surface area contributed by atoms with Gasteiger partial charge < -0.3 is 10.2 Å². The Morgan fingerprint density at radius 2 is 1.62 bits per heavy atom. The van der Waals surface area contributed by atoms with Gasteiger partial charge in [0.15, 0.2) is 0 Å². The minimum Gasteiger partial charge on any atom is -0.352 e. The molecule has 0 fully saturated rings. The zero-order chi connectivity index (χ0) is 29.4. The fourth-order valence-electron chi connectivity index (χ4n) is 4.04. The first kappa shape index (κ1) is 31.0. The fraction of sp³-hybridized carbons (Fsp3) is 0.310. The van der Waals surface area contributed by atoms with E-state index in [0.717, 1.165) is 28.3 Å². The Balaban J connectivity index is 2.06. The van der Waals surface area contributed by atoms with Gasteiger partial charge in [-0.25, -0.2) is 17.2 Å². The van der Waals surface area contributed by atoms with Crippen LogP contribution in [-0.4, -0.2) is 50.0 Å². The number of hydrogen-bond donors (Lipinski definition) is 1. The maximum atomic E-state index is 13.9. The van der Waals surface area contributed by atoms with Crippen LogP contribution in [0.1, 0.15) is 31.4 Å². The molecule has 0 aliphatic carbocycles. The van der Waals surface area contributed by atoms with Crippen LogP contribution in [0, 0.1) is 11.6 Å². The Bertz CT molecular complexity index is 1420. The number of amides is 2. The molecule has 11 heteroatoms. The quantitative estimate of drug-likeness (QED) is 0.323. The van der Waals surface area contributed by atoms with Crippen molar-refractivity contribution in [3.63, 3.8) is 0 Å². The smallest absolute Gasteiger partial charge is 0.244 e. The Morgan fingerprint density at radius 3 is 2.20 bits per heavy atom. The summed E-state index contributed by atoms with van der Waals surface area (Å²) in [5.41, 5.74) is 1.32. The van der Waals surface area contributed by atoms with Crippen molar-refractivity contribution < 1.29 is 26.8 Å². The lowest BCUT2D eigenvalue weighted by atomic mass is 10.0. The summed E-state index contributed by atoms with van der Waals surface area (Å²) in [4.78, 5) is 28.8. The fourth-order valence-corrected chi connectivity index (χ4v) is 5.05. The normalized spacial score (nSPS) is 12.8. The van der Waals surface area contributed by atoms with E-state index in [0.29, 0.717) is 12.0 Å². The van der Waals surface area contributed by atoms with Gasteiger partial charge in [-0.05, 0) is 54.8 Å². The highest BCUT2D eigenvalue weighted by Crippen LogP contribution is 2.25. The van der Waals surface area contributed by atoms with Gasteiger partial charge in [-0.3, -0.25) is 13.9 Å². The molecule has 0 spiro atoms. The summed E-state index contributed by atoms with van der Waals surface area (Å²) in [6, 6.07) is 16.7. The van der Waals surface area contributed by atoms with Gasteiger partial charge in [0.25, 0.3) is 0 Å². The van der Waals surface area contributed by atoms with Crippen LogP contribution in [0.15, 0.2) is 72.8 Å². The van der Waals surface area contributed by atoms with E-state index in [4.69, 9.17) is 11.6 Å². The SMILES string of the molecule is CC[C@@H](C)NC(=O)[C@@H](Cc1ccccc1)N(Cc1ccc(F)cc1)C(=O)CN(c1ccc(F)c(Cl)c1)S(C)(=O)=O. The van der Waals surface area contributed by atoms with Crippen molar-refractivity contribution in [1.29, 1.82) is 0 Å². The highest BCUT2D eigenvalue weighted by atomic mass is 35.5. The second kappa shape index (κ2) is 13.7. The van der Waals surface area contributed by atoms with Gasteiger partial charge >= 0.3 is 0 Å². The van der Waals surface area contributed by atoms with E-state index in [-0.39, 0.29) is 29.7 Å². The number of nitrogens with zero attached hydrogens (tertiary/aromatic N) is 2. The number of rotatable bonds is 12. The van der Waals surface area contributed by atoms with Crippen LogP contribution in [0.25, 0.3) is 0 Å². The lowest BCUT2D eigenvalue weighted by molar-refractivity contribution is -0.140. The van der Waals surface area contributed by atoms with E-state index in [1.165, 1.54) is 35.2 Å².